The molecule has 7 heteroatoms. The van der Waals surface area contributed by atoms with Gasteiger partial charge in [0.2, 0.25) is 5.88 Å². The van der Waals surface area contributed by atoms with Crippen molar-refractivity contribution in [2.24, 2.45) is 0 Å². The van der Waals surface area contributed by atoms with E-state index in [4.69, 9.17) is 25.8 Å². The molecule has 0 aliphatic rings. The van der Waals surface area contributed by atoms with E-state index < -0.39 is 5.97 Å². The summed E-state index contributed by atoms with van der Waals surface area (Å²) in [4.78, 5) is 20.2. The van der Waals surface area contributed by atoms with E-state index in [0.29, 0.717) is 10.9 Å². The summed E-state index contributed by atoms with van der Waals surface area (Å²) in [7, 11) is 2.88. The third-order valence-electron chi connectivity index (χ3n) is 2.60. The van der Waals surface area contributed by atoms with Gasteiger partial charge >= 0.3 is 5.97 Å². The summed E-state index contributed by atoms with van der Waals surface area (Å²) in [6, 6.07) is 3.31. The molecular formula is C13H13ClN2O4. The number of hydrogen-bond acceptors (Lipinski definition) is 6. The lowest BCUT2D eigenvalue weighted by Crippen LogP contribution is -2.11. The van der Waals surface area contributed by atoms with Crippen LogP contribution in [0.2, 0.25) is 5.15 Å². The van der Waals surface area contributed by atoms with Gasteiger partial charge in [0.1, 0.15) is 10.7 Å². The molecule has 2 rings (SSSR count). The molecule has 6 nitrogen and oxygen atoms in total. The molecule has 2 aromatic heterocycles. The van der Waals surface area contributed by atoms with E-state index >= 15 is 0 Å². The molecule has 0 aromatic carbocycles. The summed E-state index contributed by atoms with van der Waals surface area (Å²) in [5.74, 6) is -0.138. The maximum absolute atomic E-state index is 11.9. The van der Waals surface area contributed by atoms with Gasteiger partial charge in [0, 0.05) is 0 Å². The molecule has 2 aromatic rings. The minimum Gasteiger partial charge on any atom is -0.492 e. The smallest absolute Gasteiger partial charge is 0.361 e. The predicted molar refractivity (Wildman–Crippen MR) is 73.6 cm³/mol. The average Bonchev–Trinajstić information content (AvgIpc) is 2.45. The molecule has 0 atom stereocenters. The molecule has 0 bridgehead atoms. The first-order chi connectivity index (χ1) is 9.62. The Hall–Kier alpha value is -2.08. The Balaban J connectivity index is 2.78. The highest BCUT2D eigenvalue weighted by Crippen LogP contribution is 2.34. The van der Waals surface area contributed by atoms with Crippen molar-refractivity contribution in [1.29, 1.82) is 0 Å². The van der Waals surface area contributed by atoms with E-state index in [-0.39, 0.29) is 29.1 Å². The number of carbonyl (C=O) groups excluding carboxylic acids is 1. The largest absolute Gasteiger partial charge is 0.492 e. The summed E-state index contributed by atoms with van der Waals surface area (Å²) >= 11 is 5.89. The highest BCUT2D eigenvalue weighted by atomic mass is 35.5. The summed E-state index contributed by atoms with van der Waals surface area (Å²) in [6.07, 6.45) is 0. The Morgan fingerprint density at radius 2 is 2.00 bits per heavy atom. The van der Waals surface area contributed by atoms with Gasteiger partial charge in [-0.1, -0.05) is 11.6 Å². The molecule has 0 aliphatic heterocycles. The predicted octanol–water partition coefficient (Wildman–Crippen LogP) is 2.48. The van der Waals surface area contributed by atoms with E-state index in [9.17, 15) is 4.79 Å². The van der Waals surface area contributed by atoms with Crippen LogP contribution >= 0.6 is 11.6 Å². The van der Waals surface area contributed by atoms with Crippen LogP contribution in [0, 0.1) is 0 Å². The summed E-state index contributed by atoms with van der Waals surface area (Å²) < 4.78 is 15.4. The van der Waals surface area contributed by atoms with Crippen LogP contribution in [-0.4, -0.2) is 36.8 Å². The second-order valence-electron chi connectivity index (χ2n) is 3.75. The van der Waals surface area contributed by atoms with Crippen LogP contribution < -0.4 is 9.47 Å². The number of hydrogen-bond donors (Lipinski definition) is 0. The van der Waals surface area contributed by atoms with E-state index in [1.165, 1.54) is 14.2 Å². The SMILES string of the molecule is CCOC(=O)c1nc(OC)c2ccc(Cl)nc2c1OC. The Bertz CT molecular complexity index is 660. The lowest BCUT2D eigenvalue weighted by atomic mass is 10.2. The number of aromatic nitrogens is 2. The fourth-order valence-electron chi connectivity index (χ4n) is 1.79. The van der Waals surface area contributed by atoms with Crippen molar-refractivity contribution >= 4 is 28.5 Å². The summed E-state index contributed by atoms with van der Waals surface area (Å²) in [5, 5.41) is 0.876. The lowest BCUT2D eigenvalue weighted by molar-refractivity contribution is 0.0515. The zero-order valence-corrected chi connectivity index (χ0v) is 12.0. The van der Waals surface area contributed by atoms with Gasteiger partial charge in [0.15, 0.2) is 11.4 Å². The van der Waals surface area contributed by atoms with Gasteiger partial charge in [-0.25, -0.2) is 14.8 Å². The zero-order chi connectivity index (χ0) is 14.7. The molecule has 0 saturated carbocycles. The minimum atomic E-state index is -0.605. The number of carbonyl (C=O) groups is 1. The number of ether oxygens (including phenoxy) is 3. The molecule has 0 saturated heterocycles. The van der Waals surface area contributed by atoms with Crippen LogP contribution in [0.5, 0.6) is 11.6 Å². The molecule has 0 amide bonds. The zero-order valence-electron chi connectivity index (χ0n) is 11.3. The maximum atomic E-state index is 11.9. The molecule has 0 fully saturated rings. The van der Waals surface area contributed by atoms with E-state index in [1.807, 2.05) is 0 Å². The van der Waals surface area contributed by atoms with Gasteiger partial charge in [-0.05, 0) is 19.1 Å². The number of methoxy groups -OCH3 is 2. The molecule has 0 radical (unpaired) electrons. The average molecular weight is 297 g/mol. The molecule has 20 heavy (non-hydrogen) atoms. The standard InChI is InChI=1S/C13H13ClN2O4/c1-4-20-13(17)10-11(18-2)9-7(12(16-10)19-3)5-6-8(14)15-9/h5-6H,4H2,1-3H3. The van der Waals surface area contributed by atoms with Crippen LogP contribution in [0.25, 0.3) is 10.9 Å². The Morgan fingerprint density at radius 1 is 1.25 bits per heavy atom. The lowest BCUT2D eigenvalue weighted by Gasteiger charge is -2.12. The summed E-state index contributed by atoms with van der Waals surface area (Å²) in [6.45, 7) is 1.94. The van der Waals surface area contributed by atoms with Crippen molar-refractivity contribution in [2.45, 2.75) is 6.92 Å². The van der Waals surface area contributed by atoms with Crippen molar-refractivity contribution in [3.8, 4) is 11.6 Å². The Morgan fingerprint density at radius 3 is 2.60 bits per heavy atom. The van der Waals surface area contributed by atoms with Crippen LogP contribution in [0.15, 0.2) is 12.1 Å². The van der Waals surface area contributed by atoms with Crippen molar-refractivity contribution < 1.29 is 19.0 Å². The van der Waals surface area contributed by atoms with Gasteiger partial charge < -0.3 is 14.2 Å². The third-order valence-corrected chi connectivity index (χ3v) is 2.81. The second-order valence-corrected chi connectivity index (χ2v) is 4.14. The van der Waals surface area contributed by atoms with Gasteiger partial charge in [-0.15, -0.1) is 0 Å². The number of fused-ring (bicyclic) bond motifs is 1. The fraction of sp³-hybridized carbons (Fsp3) is 0.308. The molecule has 2 heterocycles. The van der Waals surface area contributed by atoms with Gasteiger partial charge in [0.25, 0.3) is 0 Å². The Labute approximate surface area is 120 Å². The van der Waals surface area contributed by atoms with Gasteiger partial charge in [0.05, 0.1) is 26.2 Å². The molecule has 0 N–H and O–H groups in total. The number of halogens is 1. The molecular weight excluding hydrogens is 284 g/mol. The number of rotatable bonds is 4. The molecule has 0 spiro atoms. The number of nitrogens with zero attached hydrogens (tertiary/aromatic N) is 2. The second kappa shape index (κ2) is 5.92. The quantitative estimate of drug-likeness (QED) is 0.637. The number of esters is 1. The molecule has 0 unspecified atom stereocenters. The maximum Gasteiger partial charge on any atom is 0.361 e. The van der Waals surface area contributed by atoms with Crippen LogP contribution in [0.4, 0.5) is 0 Å². The molecule has 0 aliphatic carbocycles. The van der Waals surface area contributed by atoms with Crippen LogP contribution in [0.3, 0.4) is 0 Å². The van der Waals surface area contributed by atoms with Gasteiger partial charge in [-0.3, -0.25) is 0 Å². The van der Waals surface area contributed by atoms with Crippen molar-refractivity contribution in [1.82, 2.24) is 9.97 Å². The van der Waals surface area contributed by atoms with E-state index in [2.05, 4.69) is 9.97 Å². The first kappa shape index (κ1) is 14.3. The number of pyridine rings is 2. The van der Waals surface area contributed by atoms with Gasteiger partial charge in [-0.2, -0.15) is 0 Å². The Kier molecular flexibility index (Phi) is 4.24. The fourth-order valence-corrected chi connectivity index (χ4v) is 1.94. The highest BCUT2D eigenvalue weighted by Gasteiger charge is 2.23. The normalized spacial score (nSPS) is 10.4. The third kappa shape index (κ3) is 2.46. The monoisotopic (exact) mass is 296 g/mol. The highest BCUT2D eigenvalue weighted by molar-refractivity contribution is 6.29. The van der Waals surface area contributed by atoms with Crippen molar-refractivity contribution in [3.05, 3.63) is 23.0 Å². The molecule has 106 valence electrons. The van der Waals surface area contributed by atoms with E-state index in [0.717, 1.165) is 0 Å². The topological polar surface area (TPSA) is 70.5 Å². The minimum absolute atomic E-state index is 0.00784. The van der Waals surface area contributed by atoms with Crippen molar-refractivity contribution in [3.63, 3.8) is 0 Å². The van der Waals surface area contributed by atoms with E-state index in [1.54, 1.807) is 19.1 Å². The van der Waals surface area contributed by atoms with Crippen LogP contribution in [0.1, 0.15) is 17.4 Å². The van der Waals surface area contributed by atoms with Crippen LogP contribution in [-0.2, 0) is 4.74 Å². The first-order valence-electron chi connectivity index (χ1n) is 5.87. The van der Waals surface area contributed by atoms with Crippen molar-refractivity contribution in [2.75, 3.05) is 20.8 Å². The first-order valence-corrected chi connectivity index (χ1v) is 6.25. The summed E-state index contributed by atoms with van der Waals surface area (Å²) in [5.41, 5.74) is 0.406.